The van der Waals surface area contributed by atoms with E-state index in [9.17, 15) is 0 Å². The van der Waals surface area contributed by atoms with E-state index in [-0.39, 0.29) is 5.41 Å². The molecule has 0 N–H and O–H groups in total. The van der Waals surface area contributed by atoms with Crippen molar-refractivity contribution in [1.29, 1.82) is 0 Å². The lowest BCUT2D eigenvalue weighted by Gasteiger charge is -2.30. The molecular formula is C80H48. The summed E-state index contributed by atoms with van der Waals surface area (Å²) in [6, 6.07) is 98.4. The first kappa shape index (κ1) is 43.1. The van der Waals surface area contributed by atoms with E-state index in [0.717, 1.165) is 0 Å². The number of benzene rings is 14. The Morgan fingerprint density at radius 3 is 1.10 bits per heavy atom. The van der Waals surface area contributed by atoms with Crippen LogP contribution in [0.2, 0.25) is 0 Å². The van der Waals surface area contributed by atoms with Crippen molar-refractivity contribution in [2.45, 2.75) is 24.7 Å². The van der Waals surface area contributed by atoms with Gasteiger partial charge in [0.2, 0.25) is 0 Å². The van der Waals surface area contributed by atoms with Crippen molar-refractivity contribution in [2.75, 3.05) is 0 Å². The minimum Gasteiger partial charge on any atom is -0.0619 e. The average Bonchev–Trinajstić information content (AvgIpc) is 3.85. The molecule has 0 saturated carbocycles. The van der Waals surface area contributed by atoms with E-state index in [4.69, 9.17) is 0 Å². The van der Waals surface area contributed by atoms with E-state index in [1.165, 1.54) is 188 Å². The Morgan fingerprint density at radius 2 is 0.562 bits per heavy atom. The first-order valence-corrected chi connectivity index (χ1v) is 28.4. The molecule has 1 spiro atoms. The van der Waals surface area contributed by atoms with Gasteiger partial charge in [0.05, 0.1) is 5.41 Å². The molecule has 0 saturated heterocycles. The van der Waals surface area contributed by atoms with Gasteiger partial charge in [-0.2, -0.15) is 0 Å². The summed E-state index contributed by atoms with van der Waals surface area (Å²) in [5.74, 6) is 0. The molecule has 14 aromatic rings. The van der Waals surface area contributed by atoms with E-state index >= 15 is 0 Å². The molecule has 0 heteroatoms. The van der Waals surface area contributed by atoms with Crippen LogP contribution in [0.15, 0.2) is 255 Å². The topological polar surface area (TPSA) is 0 Å². The van der Waals surface area contributed by atoms with Gasteiger partial charge in [-0.05, 0) is 212 Å². The van der Waals surface area contributed by atoms with Crippen LogP contribution < -0.4 is 0 Å². The third kappa shape index (κ3) is 5.15. The first-order valence-electron chi connectivity index (χ1n) is 28.4. The molecule has 0 bridgehead atoms. The fourth-order valence-electron chi connectivity index (χ4n) is 16.5. The predicted molar refractivity (Wildman–Crippen MR) is 335 cm³/mol. The highest BCUT2D eigenvalue weighted by atomic mass is 14.5. The Hall–Kier alpha value is -9.88. The molecule has 368 valence electrons. The van der Waals surface area contributed by atoms with E-state index in [1.807, 2.05) is 0 Å². The first-order chi connectivity index (χ1) is 39.5. The zero-order valence-electron chi connectivity index (χ0n) is 44.2. The Kier molecular flexibility index (Phi) is 8.10. The average molecular weight is 1010 g/mol. The fraction of sp³-hybridized carbons (Fsp3) is 0.0500. The van der Waals surface area contributed by atoms with Crippen LogP contribution in [-0.4, -0.2) is 0 Å². The molecule has 5 aliphatic carbocycles. The molecule has 0 fully saturated rings. The number of hydrogen-bond donors (Lipinski definition) is 0. The smallest absolute Gasteiger partial charge is 0.0619 e. The highest BCUT2D eigenvalue weighted by molar-refractivity contribution is 6.30. The molecule has 19 rings (SSSR count). The minimum atomic E-state index is -0.442. The maximum Gasteiger partial charge on any atom is 0.0725 e. The summed E-state index contributed by atoms with van der Waals surface area (Å²) in [7, 11) is 0. The second-order valence-corrected chi connectivity index (χ2v) is 23.6. The lowest BCUT2D eigenvalue weighted by Crippen LogP contribution is -2.25. The third-order valence-corrected chi connectivity index (χ3v) is 19.8. The van der Waals surface area contributed by atoms with Crippen LogP contribution in [0.25, 0.3) is 154 Å². The van der Waals surface area contributed by atoms with Gasteiger partial charge in [0, 0.05) is 5.41 Å². The zero-order valence-corrected chi connectivity index (χ0v) is 44.2. The minimum absolute atomic E-state index is 0.207. The van der Waals surface area contributed by atoms with Gasteiger partial charge in [0.25, 0.3) is 0 Å². The van der Waals surface area contributed by atoms with Gasteiger partial charge >= 0.3 is 0 Å². The lowest BCUT2D eigenvalue weighted by molar-refractivity contribution is 0.661. The summed E-state index contributed by atoms with van der Waals surface area (Å²) in [5, 5.41) is 10.4. The van der Waals surface area contributed by atoms with Crippen LogP contribution in [0.3, 0.4) is 0 Å². The van der Waals surface area contributed by atoms with Crippen molar-refractivity contribution in [1.82, 2.24) is 0 Å². The molecule has 80 heavy (non-hydrogen) atoms. The van der Waals surface area contributed by atoms with Gasteiger partial charge in [0.1, 0.15) is 0 Å². The molecule has 0 unspecified atom stereocenters. The Morgan fingerprint density at radius 1 is 0.200 bits per heavy atom. The summed E-state index contributed by atoms with van der Waals surface area (Å²) in [5.41, 5.74) is 33.6. The maximum atomic E-state index is 2.62. The molecule has 0 heterocycles. The summed E-state index contributed by atoms with van der Waals surface area (Å²) in [6.45, 7) is 4.86. The van der Waals surface area contributed by atoms with E-state index in [0.29, 0.717) is 0 Å². The number of hydrogen-bond acceptors (Lipinski definition) is 0. The van der Waals surface area contributed by atoms with Crippen LogP contribution in [-0.2, 0) is 10.8 Å². The molecular weight excluding hydrogens is 961 g/mol. The van der Waals surface area contributed by atoms with Crippen LogP contribution in [0.1, 0.15) is 47.2 Å². The normalized spacial score (nSPS) is 14.3. The highest BCUT2D eigenvalue weighted by Crippen LogP contribution is 2.64. The van der Waals surface area contributed by atoms with Gasteiger partial charge in [-0.15, -0.1) is 0 Å². The summed E-state index contributed by atoms with van der Waals surface area (Å²) < 4.78 is 0. The van der Waals surface area contributed by atoms with Crippen molar-refractivity contribution in [3.05, 3.63) is 288 Å². The standard InChI is InChI=1S/C80H48/c1-79(2)69-29-11-7-24-54(69)65-43-67-68(44-73(65)79)78(63-40-38-61-50-20-6-4-18-48(50)57-26-16-28-59(63)76(57)61)66-41-45(34-36-64(66)77(67)62-39-37-60-49-19-5-3-17-47(49)56-25-15-27-58(62)75(56)60)46-33-35-55-53-23-10-14-32-72(53)80(74(55)42-46)70-30-12-8-21-51(70)52-22-9-13-31-71(52)80/h3-44H,1-2H3. The van der Waals surface area contributed by atoms with Crippen molar-refractivity contribution < 1.29 is 0 Å². The zero-order chi connectivity index (χ0) is 52.3. The highest BCUT2D eigenvalue weighted by Gasteiger charge is 2.51. The largest absolute Gasteiger partial charge is 0.0725 e. The van der Waals surface area contributed by atoms with Crippen LogP contribution >= 0.6 is 0 Å². The van der Waals surface area contributed by atoms with Gasteiger partial charge in [-0.3, -0.25) is 0 Å². The predicted octanol–water partition coefficient (Wildman–Crippen LogP) is 21.2. The molecule has 14 aromatic carbocycles. The van der Waals surface area contributed by atoms with Crippen molar-refractivity contribution in [2.24, 2.45) is 0 Å². The Balaban J connectivity index is 0.953. The summed E-state index contributed by atoms with van der Waals surface area (Å²) in [4.78, 5) is 0. The fourth-order valence-corrected chi connectivity index (χ4v) is 16.5. The molecule has 5 aliphatic rings. The molecule has 0 amide bonds. The molecule has 0 aromatic heterocycles. The van der Waals surface area contributed by atoms with Crippen LogP contribution in [0.5, 0.6) is 0 Å². The van der Waals surface area contributed by atoms with Crippen molar-refractivity contribution in [3.8, 4) is 111 Å². The van der Waals surface area contributed by atoms with Gasteiger partial charge in [-0.25, -0.2) is 0 Å². The third-order valence-electron chi connectivity index (χ3n) is 19.8. The number of fused-ring (bicyclic) bond motifs is 21. The van der Waals surface area contributed by atoms with Gasteiger partial charge in [0.15, 0.2) is 0 Å². The maximum absolute atomic E-state index is 2.62. The summed E-state index contributed by atoms with van der Waals surface area (Å²) >= 11 is 0. The van der Waals surface area contributed by atoms with Crippen LogP contribution in [0, 0.1) is 0 Å². The van der Waals surface area contributed by atoms with Crippen molar-refractivity contribution >= 4 is 43.1 Å². The Bertz CT molecular complexity index is 5090. The monoisotopic (exact) mass is 1010 g/mol. The van der Waals surface area contributed by atoms with Crippen LogP contribution in [0.4, 0.5) is 0 Å². The van der Waals surface area contributed by atoms with E-state index < -0.39 is 5.41 Å². The number of rotatable bonds is 3. The van der Waals surface area contributed by atoms with Gasteiger partial charge in [-0.1, -0.05) is 244 Å². The molecule has 0 nitrogen and oxygen atoms in total. The molecule has 0 radical (unpaired) electrons. The van der Waals surface area contributed by atoms with Gasteiger partial charge < -0.3 is 0 Å². The molecule has 0 atom stereocenters. The lowest BCUT2D eigenvalue weighted by atomic mass is 9.70. The van der Waals surface area contributed by atoms with Crippen molar-refractivity contribution in [3.63, 3.8) is 0 Å². The van der Waals surface area contributed by atoms with E-state index in [2.05, 4.69) is 269 Å². The molecule has 0 aliphatic heterocycles. The SMILES string of the molecule is CC1(C)c2ccccc2-c2cc3c(-c4ccc5c6c(cccc46)-c4ccccc4-5)c4ccc(-c5ccc6c(c5)C5(c7ccccc7-c7ccccc75)c5ccccc5-6)cc4c(-c4ccc5c6c(cccc46)-c4ccccc4-5)c3cc21. The second kappa shape index (κ2) is 15.0. The quantitative estimate of drug-likeness (QED) is 0.155. The summed E-state index contributed by atoms with van der Waals surface area (Å²) in [6.07, 6.45) is 0. The Labute approximate surface area is 464 Å². The second-order valence-electron chi connectivity index (χ2n) is 23.6. The van der Waals surface area contributed by atoms with E-state index in [1.54, 1.807) is 0 Å².